The Kier molecular flexibility index (Phi) is 6.02. The maximum absolute atomic E-state index is 12.5. The topological polar surface area (TPSA) is 84.3 Å². The quantitative estimate of drug-likeness (QED) is 0.811. The summed E-state index contributed by atoms with van der Waals surface area (Å²) in [5, 5.41) is 3.04. The first-order valence-electron chi connectivity index (χ1n) is 9.62. The molecule has 0 bridgehead atoms. The monoisotopic (exact) mass is 382 g/mol. The number of amides is 1. The Balaban J connectivity index is 1.64. The van der Waals surface area contributed by atoms with Crippen LogP contribution in [0.25, 0.3) is 0 Å². The molecular formula is C18H30N4O3S. The lowest BCUT2D eigenvalue weighted by atomic mass is 9.86. The molecule has 0 radical (unpaired) electrons. The van der Waals surface area contributed by atoms with Gasteiger partial charge in [-0.25, -0.2) is 13.4 Å². The number of imidazole rings is 1. The van der Waals surface area contributed by atoms with E-state index < -0.39 is 10.0 Å². The Hall–Kier alpha value is -1.41. The van der Waals surface area contributed by atoms with E-state index in [2.05, 4.69) is 21.8 Å². The van der Waals surface area contributed by atoms with Crippen molar-refractivity contribution in [2.24, 2.45) is 5.92 Å². The zero-order valence-corrected chi connectivity index (χ0v) is 16.6. The van der Waals surface area contributed by atoms with E-state index in [0.29, 0.717) is 11.6 Å². The van der Waals surface area contributed by atoms with Crippen LogP contribution in [-0.2, 0) is 34.3 Å². The van der Waals surface area contributed by atoms with Gasteiger partial charge in [-0.05, 0) is 31.6 Å². The van der Waals surface area contributed by atoms with Crippen LogP contribution in [-0.4, -0.2) is 47.0 Å². The van der Waals surface area contributed by atoms with E-state index in [0.717, 1.165) is 57.1 Å². The number of carbonyl (C=O) groups is 1. The van der Waals surface area contributed by atoms with Gasteiger partial charge in [0.15, 0.2) is 0 Å². The van der Waals surface area contributed by atoms with Gasteiger partial charge < -0.3 is 9.88 Å². The molecule has 26 heavy (non-hydrogen) atoms. The molecule has 1 aliphatic carbocycles. The Morgan fingerprint density at radius 2 is 2.08 bits per heavy atom. The first-order chi connectivity index (χ1) is 12.3. The van der Waals surface area contributed by atoms with E-state index in [1.54, 1.807) is 0 Å². The van der Waals surface area contributed by atoms with Crippen molar-refractivity contribution in [2.75, 3.05) is 12.8 Å². The molecule has 2 heterocycles. The number of sulfonamides is 1. The van der Waals surface area contributed by atoms with Gasteiger partial charge in [0.25, 0.3) is 0 Å². The van der Waals surface area contributed by atoms with Gasteiger partial charge in [0, 0.05) is 25.2 Å². The summed E-state index contributed by atoms with van der Waals surface area (Å²) < 4.78 is 27.7. The molecular weight excluding hydrogens is 352 g/mol. The fraction of sp³-hybridized carbons (Fsp3) is 0.778. The summed E-state index contributed by atoms with van der Waals surface area (Å²) in [5.74, 6) is 1.23. The Morgan fingerprint density at radius 1 is 1.31 bits per heavy atom. The number of aryl methyl sites for hydroxylation is 2. The maximum Gasteiger partial charge on any atom is 0.235 e. The molecule has 0 aromatic carbocycles. The third-order valence-electron chi connectivity index (χ3n) is 5.54. The van der Waals surface area contributed by atoms with Crippen LogP contribution in [0.3, 0.4) is 0 Å². The summed E-state index contributed by atoms with van der Waals surface area (Å²) in [5.41, 5.74) is 0.714. The molecule has 1 amide bonds. The van der Waals surface area contributed by atoms with Crippen molar-refractivity contribution in [1.82, 2.24) is 19.2 Å². The molecule has 1 aromatic rings. The Bertz CT molecular complexity index is 720. The summed E-state index contributed by atoms with van der Waals surface area (Å²) in [6, 6.07) is 0.151. The molecule has 2 atom stereocenters. The highest BCUT2D eigenvalue weighted by atomic mass is 32.2. The van der Waals surface area contributed by atoms with Crippen molar-refractivity contribution < 1.29 is 13.2 Å². The van der Waals surface area contributed by atoms with Crippen molar-refractivity contribution in [3.8, 4) is 0 Å². The predicted octanol–water partition coefficient (Wildman–Crippen LogP) is 1.68. The van der Waals surface area contributed by atoms with Gasteiger partial charge in [0.2, 0.25) is 15.9 Å². The van der Waals surface area contributed by atoms with Crippen LogP contribution >= 0.6 is 0 Å². The number of rotatable bonds is 6. The predicted molar refractivity (Wildman–Crippen MR) is 100.0 cm³/mol. The van der Waals surface area contributed by atoms with Crippen LogP contribution in [0.2, 0.25) is 0 Å². The average Bonchev–Trinajstić information content (AvgIpc) is 2.98. The fourth-order valence-corrected chi connectivity index (χ4v) is 4.68. The van der Waals surface area contributed by atoms with Crippen LogP contribution < -0.4 is 5.32 Å². The van der Waals surface area contributed by atoms with Crippen molar-refractivity contribution in [1.29, 1.82) is 0 Å². The summed E-state index contributed by atoms with van der Waals surface area (Å²) in [4.78, 5) is 17.0. The summed E-state index contributed by atoms with van der Waals surface area (Å²) in [6.45, 7) is 3.08. The Morgan fingerprint density at radius 3 is 2.77 bits per heavy atom. The van der Waals surface area contributed by atoms with E-state index in [-0.39, 0.29) is 25.0 Å². The van der Waals surface area contributed by atoms with Crippen molar-refractivity contribution in [3.05, 3.63) is 17.7 Å². The normalized spacial score (nSPS) is 23.7. The van der Waals surface area contributed by atoms with Gasteiger partial charge in [-0.2, -0.15) is 4.31 Å². The van der Waals surface area contributed by atoms with Crippen LogP contribution in [0, 0.1) is 5.92 Å². The van der Waals surface area contributed by atoms with Gasteiger partial charge in [-0.3, -0.25) is 4.79 Å². The van der Waals surface area contributed by atoms with E-state index in [1.807, 2.05) is 6.20 Å². The van der Waals surface area contributed by atoms with Crippen LogP contribution in [0.4, 0.5) is 0 Å². The molecule has 8 heteroatoms. The van der Waals surface area contributed by atoms with Crippen molar-refractivity contribution >= 4 is 15.9 Å². The molecule has 1 aromatic heterocycles. The maximum atomic E-state index is 12.5. The summed E-state index contributed by atoms with van der Waals surface area (Å²) in [7, 11) is -3.49. The second kappa shape index (κ2) is 8.08. The van der Waals surface area contributed by atoms with Crippen molar-refractivity contribution in [3.63, 3.8) is 0 Å². The minimum absolute atomic E-state index is 0.145. The molecule has 2 aliphatic rings. The molecule has 3 rings (SSSR count). The molecule has 1 fully saturated rings. The highest BCUT2D eigenvalue weighted by Gasteiger charge is 2.26. The molecule has 1 N–H and O–H groups in total. The zero-order chi connectivity index (χ0) is 18.7. The average molecular weight is 383 g/mol. The fourth-order valence-electron chi connectivity index (χ4n) is 3.96. The number of fused-ring (bicyclic) bond motifs is 1. The third kappa shape index (κ3) is 4.85. The van der Waals surface area contributed by atoms with E-state index in [1.165, 1.54) is 10.7 Å². The van der Waals surface area contributed by atoms with Gasteiger partial charge in [-0.1, -0.05) is 19.8 Å². The first kappa shape index (κ1) is 19.4. The lowest BCUT2D eigenvalue weighted by Crippen LogP contribution is -2.46. The third-order valence-corrected chi connectivity index (χ3v) is 6.74. The number of carbonyl (C=O) groups excluding carboxylic acids is 1. The van der Waals surface area contributed by atoms with Crippen LogP contribution in [0.5, 0.6) is 0 Å². The molecule has 1 saturated carbocycles. The number of aromatic nitrogens is 2. The van der Waals surface area contributed by atoms with Gasteiger partial charge in [0.05, 0.1) is 25.0 Å². The lowest BCUT2D eigenvalue weighted by molar-refractivity contribution is -0.122. The first-order valence-corrected chi connectivity index (χ1v) is 11.5. The second-order valence-electron chi connectivity index (χ2n) is 7.77. The van der Waals surface area contributed by atoms with Crippen LogP contribution in [0.15, 0.2) is 6.20 Å². The van der Waals surface area contributed by atoms with Gasteiger partial charge in [-0.15, -0.1) is 0 Å². The minimum atomic E-state index is -3.49. The largest absolute Gasteiger partial charge is 0.352 e. The highest BCUT2D eigenvalue weighted by molar-refractivity contribution is 7.88. The minimum Gasteiger partial charge on any atom is -0.352 e. The number of nitrogens with one attached hydrogen (secondary N) is 1. The number of hydrogen-bond donors (Lipinski definition) is 1. The Labute approximate surface area is 156 Å². The molecule has 0 unspecified atom stereocenters. The van der Waals surface area contributed by atoms with Crippen LogP contribution in [0.1, 0.15) is 57.0 Å². The molecule has 0 saturated heterocycles. The van der Waals surface area contributed by atoms with Crippen molar-refractivity contribution in [2.45, 2.75) is 71.0 Å². The summed E-state index contributed by atoms with van der Waals surface area (Å²) >= 11 is 0. The van der Waals surface area contributed by atoms with E-state index >= 15 is 0 Å². The van der Waals surface area contributed by atoms with Gasteiger partial charge >= 0.3 is 0 Å². The lowest BCUT2D eigenvalue weighted by Gasteiger charge is -2.30. The SMILES string of the molecule is C[C@H]1CCCC[C@H]1NC(=O)CN(Cc1cn2c(n1)CCCC2)S(C)(=O)=O. The summed E-state index contributed by atoms with van der Waals surface area (Å²) in [6.07, 6.45) is 10.7. The molecule has 7 nitrogen and oxygen atoms in total. The van der Waals surface area contributed by atoms with E-state index in [4.69, 9.17) is 0 Å². The molecule has 1 aliphatic heterocycles. The number of nitrogens with zero attached hydrogens (tertiary/aromatic N) is 3. The zero-order valence-electron chi connectivity index (χ0n) is 15.8. The van der Waals surface area contributed by atoms with Gasteiger partial charge in [0.1, 0.15) is 5.82 Å². The smallest absolute Gasteiger partial charge is 0.235 e. The number of hydrogen-bond acceptors (Lipinski definition) is 4. The molecule has 146 valence electrons. The molecule has 0 spiro atoms. The second-order valence-corrected chi connectivity index (χ2v) is 9.75. The standard InChI is InChI=1S/C18H30N4O3S/c1-14-7-3-4-8-16(14)20-18(23)13-22(26(2,24)25)12-15-11-21-10-6-5-9-17(21)19-15/h11,14,16H,3-10,12-13H2,1-2H3,(H,20,23)/t14-,16+/m0/s1. The van der Waals surface area contributed by atoms with E-state index in [9.17, 15) is 13.2 Å². The highest BCUT2D eigenvalue weighted by Crippen LogP contribution is 2.23.